The summed E-state index contributed by atoms with van der Waals surface area (Å²) in [5.41, 5.74) is 0.632. The van der Waals surface area contributed by atoms with Gasteiger partial charge in [-0.25, -0.2) is 17.9 Å². The molecule has 0 heterocycles. The fourth-order valence-corrected chi connectivity index (χ4v) is 3.22. The number of esters is 1. The highest BCUT2D eigenvalue weighted by Gasteiger charge is 2.16. The molecule has 2 aromatic rings. The topological polar surface area (TPSA) is 149 Å². The molecule has 0 fully saturated rings. The van der Waals surface area contributed by atoms with Gasteiger partial charge in [0, 0.05) is 13.0 Å². The first-order valence-electron chi connectivity index (χ1n) is 8.30. The van der Waals surface area contributed by atoms with Crippen LogP contribution < -0.4 is 10.0 Å². The predicted octanol–water partition coefficient (Wildman–Crippen LogP) is 1.55. The molecular weight excluding hydrogens is 396 g/mol. The zero-order valence-electron chi connectivity index (χ0n) is 15.1. The number of amides is 1. The van der Waals surface area contributed by atoms with Gasteiger partial charge in [0.05, 0.1) is 27.8 Å². The first-order chi connectivity index (χ1) is 13.9. The largest absolute Gasteiger partial charge is 0.452 e. The van der Waals surface area contributed by atoms with E-state index in [2.05, 4.69) is 10.0 Å². The average molecular weight is 412 g/mol. The lowest BCUT2D eigenvalue weighted by Crippen LogP contribution is -2.24. The van der Waals surface area contributed by atoms with Crippen LogP contribution in [0.25, 0.3) is 0 Å². The molecule has 0 bridgehead atoms. The number of para-hydroxylation sites is 1. The van der Waals surface area contributed by atoms with Gasteiger partial charge < -0.3 is 10.1 Å². The maximum absolute atomic E-state index is 12.0. The van der Waals surface area contributed by atoms with Crippen molar-refractivity contribution >= 4 is 27.6 Å². The molecule has 2 N–H and O–H groups in total. The number of nitrogens with one attached hydrogen (secondary N) is 2. The molecule has 0 atom stereocenters. The molecule has 0 unspecified atom stereocenters. The van der Waals surface area contributed by atoms with Crippen molar-refractivity contribution < 1.29 is 22.7 Å². The van der Waals surface area contributed by atoms with Gasteiger partial charge >= 0.3 is 5.97 Å². The highest BCUT2D eigenvalue weighted by Crippen LogP contribution is 2.14. The zero-order chi connectivity index (χ0) is 21.3. The maximum Gasteiger partial charge on any atom is 0.338 e. The van der Waals surface area contributed by atoms with Crippen LogP contribution in [-0.4, -0.2) is 33.4 Å². The number of anilines is 1. The Labute approximate surface area is 167 Å². The molecule has 0 aliphatic rings. The van der Waals surface area contributed by atoms with E-state index in [1.807, 2.05) is 12.1 Å². The highest BCUT2D eigenvalue weighted by atomic mass is 32.2. The van der Waals surface area contributed by atoms with E-state index in [9.17, 15) is 18.0 Å². The van der Waals surface area contributed by atoms with Gasteiger partial charge in [-0.2, -0.15) is 10.5 Å². The molecule has 1 amide bonds. The molecule has 0 radical (unpaired) electrons. The first-order valence-corrected chi connectivity index (χ1v) is 9.78. The quantitative estimate of drug-likeness (QED) is 0.493. The van der Waals surface area contributed by atoms with Crippen LogP contribution in [0.4, 0.5) is 5.69 Å². The number of benzene rings is 2. The molecule has 29 heavy (non-hydrogen) atoms. The van der Waals surface area contributed by atoms with E-state index in [1.54, 1.807) is 18.2 Å². The Balaban J connectivity index is 1.93. The Hall–Kier alpha value is -3.73. The van der Waals surface area contributed by atoms with Gasteiger partial charge in [0.1, 0.15) is 6.07 Å². The van der Waals surface area contributed by atoms with Gasteiger partial charge in [0.25, 0.3) is 5.91 Å². The van der Waals surface area contributed by atoms with Crippen LogP contribution in [-0.2, 0) is 19.6 Å². The molecule has 148 valence electrons. The van der Waals surface area contributed by atoms with Gasteiger partial charge in [-0.1, -0.05) is 12.1 Å². The van der Waals surface area contributed by atoms with Gasteiger partial charge in [-0.15, -0.1) is 0 Å². The minimum Gasteiger partial charge on any atom is -0.452 e. The number of nitriles is 2. The van der Waals surface area contributed by atoms with Crippen LogP contribution in [0, 0.1) is 22.7 Å². The van der Waals surface area contributed by atoms with E-state index in [4.69, 9.17) is 15.3 Å². The lowest BCUT2D eigenvalue weighted by Gasteiger charge is -2.08. The normalized spacial score (nSPS) is 10.4. The number of ether oxygens (including phenoxy) is 1. The van der Waals surface area contributed by atoms with Crippen molar-refractivity contribution in [3.05, 3.63) is 59.7 Å². The molecule has 0 aliphatic carbocycles. The third kappa shape index (κ3) is 6.14. The number of carbonyl (C=O) groups is 2. The Morgan fingerprint density at radius 2 is 1.72 bits per heavy atom. The monoisotopic (exact) mass is 412 g/mol. The molecule has 2 aromatic carbocycles. The standard InChI is InChI=1S/C19H16N4O5S/c20-10-3-11-22-29(26,27)16-8-6-14(7-9-16)19(25)28-13-18(24)23-17-5-2-1-4-15(17)12-21/h1-2,4-9,22H,3,11,13H2,(H,23,24). The van der Waals surface area contributed by atoms with Gasteiger partial charge in [-0.05, 0) is 36.4 Å². The second-order valence-electron chi connectivity index (χ2n) is 5.61. The summed E-state index contributed by atoms with van der Waals surface area (Å²) in [5, 5.41) is 19.9. The van der Waals surface area contributed by atoms with Gasteiger partial charge in [0.15, 0.2) is 6.61 Å². The number of carbonyl (C=O) groups excluding carboxylic acids is 2. The third-order valence-corrected chi connectivity index (χ3v) is 5.06. The lowest BCUT2D eigenvalue weighted by atomic mass is 10.2. The summed E-state index contributed by atoms with van der Waals surface area (Å²) in [6, 6.07) is 15.1. The van der Waals surface area contributed by atoms with E-state index >= 15 is 0 Å². The number of nitrogens with zero attached hydrogens (tertiary/aromatic N) is 2. The molecule has 2 rings (SSSR count). The number of hydrogen-bond acceptors (Lipinski definition) is 7. The van der Waals surface area contributed by atoms with Crippen molar-refractivity contribution in [2.45, 2.75) is 11.3 Å². The minimum atomic E-state index is -3.79. The smallest absolute Gasteiger partial charge is 0.338 e. The van der Waals surface area contributed by atoms with Gasteiger partial charge in [-0.3, -0.25) is 4.79 Å². The number of sulfonamides is 1. The van der Waals surface area contributed by atoms with Crippen molar-refractivity contribution in [3.8, 4) is 12.1 Å². The molecule has 0 spiro atoms. The van der Waals surface area contributed by atoms with E-state index in [0.717, 1.165) is 0 Å². The minimum absolute atomic E-state index is 0.0212. The molecule has 0 aromatic heterocycles. The summed E-state index contributed by atoms with van der Waals surface area (Å²) < 4.78 is 31.2. The Morgan fingerprint density at radius 1 is 1.03 bits per heavy atom. The summed E-state index contributed by atoms with van der Waals surface area (Å²) in [6.45, 7) is -0.596. The van der Waals surface area contributed by atoms with Crippen molar-refractivity contribution in [2.24, 2.45) is 0 Å². The Morgan fingerprint density at radius 3 is 2.38 bits per heavy atom. The SMILES string of the molecule is N#CCCNS(=O)(=O)c1ccc(C(=O)OCC(=O)Nc2ccccc2C#N)cc1. The van der Waals surface area contributed by atoms with Crippen molar-refractivity contribution in [1.82, 2.24) is 4.72 Å². The van der Waals surface area contributed by atoms with Crippen LogP contribution in [0.2, 0.25) is 0 Å². The van der Waals surface area contributed by atoms with Crippen molar-refractivity contribution in [2.75, 3.05) is 18.5 Å². The Bertz CT molecular complexity index is 1080. The van der Waals surface area contributed by atoms with Gasteiger partial charge in [0.2, 0.25) is 10.0 Å². The van der Waals surface area contributed by atoms with E-state index in [-0.39, 0.29) is 29.0 Å². The van der Waals surface area contributed by atoms with E-state index < -0.39 is 28.5 Å². The number of rotatable bonds is 8. The highest BCUT2D eigenvalue weighted by molar-refractivity contribution is 7.89. The molecular formula is C19H16N4O5S. The molecule has 0 saturated carbocycles. The zero-order valence-corrected chi connectivity index (χ0v) is 15.9. The summed E-state index contributed by atoms with van der Waals surface area (Å²) in [6.07, 6.45) is 0.0323. The average Bonchev–Trinajstić information content (AvgIpc) is 2.72. The summed E-state index contributed by atoms with van der Waals surface area (Å²) in [7, 11) is -3.79. The fourth-order valence-electron chi connectivity index (χ4n) is 2.19. The van der Waals surface area contributed by atoms with Crippen molar-refractivity contribution in [1.29, 1.82) is 10.5 Å². The second-order valence-corrected chi connectivity index (χ2v) is 7.38. The molecule has 9 nitrogen and oxygen atoms in total. The second kappa shape index (κ2) is 9.99. The predicted molar refractivity (Wildman–Crippen MR) is 102 cm³/mol. The maximum atomic E-state index is 12.0. The first kappa shape index (κ1) is 21.6. The summed E-state index contributed by atoms with van der Waals surface area (Å²) in [5.74, 6) is -1.43. The lowest BCUT2D eigenvalue weighted by molar-refractivity contribution is -0.119. The molecule has 0 saturated heterocycles. The van der Waals surface area contributed by atoms with E-state index in [0.29, 0.717) is 5.69 Å². The number of hydrogen-bond donors (Lipinski definition) is 2. The van der Waals surface area contributed by atoms with Crippen molar-refractivity contribution in [3.63, 3.8) is 0 Å². The summed E-state index contributed by atoms with van der Waals surface area (Å²) >= 11 is 0. The van der Waals surface area contributed by atoms with Crippen LogP contribution >= 0.6 is 0 Å². The van der Waals surface area contributed by atoms with Crippen LogP contribution in [0.3, 0.4) is 0 Å². The third-order valence-electron chi connectivity index (χ3n) is 3.59. The fraction of sp³-hybridized carbons (Fsp3) is 0.158. The van der Waals surface area contributed by atoms with Crippen LogP contribution in [0.5, 0.6) is 0 Å². The molecule has 0 aliphatic heterocycles. The van der Waals surface area contributed by atoms with Crippen LogP contribution in [0.15, 0.2) is 53.4 Å². The molecule has 10 heteroatoms. The van der Waals surface area contributed by atoms with E-state index in [1.165, 1.54) is 30.3 Å². The van der Waals surface area contributed by atoms with Crippen LogP contribution in [0.1, 0.15) is 22.3 Å². The summed E-state index contributed by atoms with van der Waals surface area (Å²) in [4.78, 5) is 23.9. The Kier molecular flexibility index (Phi) is 7.43.